The highest BCUT2D eigenvalue weighted by atomic mass is 16.5. The monoisotopic (exact) mass is 260 g/mol. The van der Waals surface area contributed by atoms with Gasteiger partial charge in [0.15, 0.2) is 6.29 Å². The zero-order valence-corrected chi connectivity index (χ0v) is 11.7. The molecule has 0 rings (SSSR count). The fourth-order valence-corrected chi connectivity index (χ4v) is 1.28. The molecule has 0 aliphatic carbocycles. The van der Waals surface area contributed by atoms with Crippen molar-refractivity contribution < 1.29 is 20.1 Å². The summed E-state index contributed by atoms with van der Waals surface area (Å²) < 4.78 is 0. The van der Waals surface area contributed by atoms with Crippen LogP contribution >= 0.6 is 0 Å². The highest BCUT2D eigenvalue weighted by Crippen LogP contribution is 2.08. The van der Waals surface area contributed by atoms with Crippen molar-refractivity contribution >= 4 is 5.97 Å². The minimum absolute atomic E-state index is 0.176. The number of carbonyl (C=O) groups is 1. The summed E-state index contributed by atoms with van der Waals surface area (Å²) in [4.78, 5) is 9.60. The normalized spacial score (nSPS) is 9.83. The van der Waals surface area contributed by atoms with Crippen molar-refractivity contribution in [2.45, 2.75) is 71.5 Å². The van der Waals surface area contributed by atoms with Gasteiger partial charge in [-0.1, -0.05) is 52.0 Å². The second-order valence-electron chi connectivity index (χ2n) is 4.48. The van der Waals surface area contributed by atoms with E-state index in [9.17, 15) is 4.79 Å². The molecule has 0 fully saturated rings. The molecule has 0 saturated carbocycles. The van der Waals surface area contributed by atoms with Gasteiger partial charge in [0.25, 0.3) is 0 Å². The second kappa shape index (κ2) is 14.2. The molecule has 3 N–H and O–H groups in total. The van der Waals surface area contributed by atoms with Crippen LogP contribution in [0.3, 0.4) is 0 Å². The van der Waals surface area contributed by atoms with Crippen LogP contribution in [-0.4, -0.2) is 27.6 Å². The Bertz CT molecular complexity index is 200. The zero-order valence-electron chi connectivity index (χ0n) is 11.7. The summed E-state index contributed by atoms with van der Waals surface area (Å²) in [5, 5.41) is 25.0. The molecule has 0 aromatic carbocycles. The van der Waals surface area contributed by atoms with Crippen LogP contribution in [0.1, 0.15) is 65.2 Å². The van der Waals surface area contributed by atoms with E-state index in [1.807, 2.05) is 0 Å². The number of aliphatic carboxylic acids is 1. The van der Waals surface area contributed by atoms with Crippen molar-refractivity contribution in [3.05, 3.63) is 12.2 Å². The van der Waals surface area contributed by atoms with Gasteiger partial charge in [0.1, 0.15) is 0 Å². The molecule has 0 radical (unpaired) electrons. The lowest BCUT2D eigenvalue weighted by molar-refractivity contribution is -0.132. The minimum atomic E-state index is -1.10. The molecule has 0 amide bonds. The van der Waals surface area contributed by atoms with Gasteiger partial charge in [-0.3, -0.25) is 0 Å². The quantitative estimate of drug-likeness (QED) is 0.338. The van der Waals surface area contributed by atoms with Crippen LogP contribution < -0.4 is 0 Å². The first-order valence-electron chi connectivity index (χ1n) is 6.66. The van der Waals surface area contributed by atoms with E-state index in [-0.39, 0.29) is 5.57 Å². The van der Waals surface area contributed by atoms with Gasteiger partial charge in [0.2, 0.25) is 0 Å². The molecule has 0 saturated heterocycles. The molecule has 18 heavy (non-hydrogen) atoms. The number of aliphatic hydroxyl groups is 2. The molecule has 0 heterocycles. The molecule has 0 aromatic rings. The van der Waals surface area contributed by atoms with Crippen molar-refractivity contribution in [2.24, 2.45) is 0 Å². The fourth-order valence-electron chi connectivity index (χ4n) is 1.28. The van der Waals surface area contributed by atoms with Gasteiger partial charge in [-0.05, 0) is 19.8 Å². The number of carboxylic acid groups (broad SMARTS) is 1. The third-order valence-electron chi connectivity index (χ3n) is 2.43. The lowest BCUT2D eigenvalue weighted by Crippen LogP contribution is -2.02. The Morgan fingerprint density at radius 3 is 1.78 bits per heavy atom. The molecule has 0 unspecified atom stereocenters. The molecule has 108 valence electrons. The van der Waals surface area contributed by atoms with E-state index < -0.39 is 12.3 Å². The average molecular weight is 260 g/mol. The van der Waals surface area contributed by atoms with Gasteiger partial charge in [-0.15, -0.1) is 0 Å². The smallest absolute Gasteiger partial charge is 0.330 e. The van der Waals surface area contributed by atoms with E-state index in [0.29, 0.717) is 6.42 Å². The summed E-state index contributed by atoms with van der Waals surface area (Å²) >= 11 is 0. The lowest BCUT2D eigenvalue weighted by atomic mass is 10.1. The van der Waals surface area contributed by atoms with E-state index >= 15 is 0 Å². The summed E-state index contributed by atoms with van der Waals surface area (Å²) in [7, 11) is 0. The topological polar surface area (TPSA) is 77.8 Å². The van der Waals surface area contributed by atoms with Gasteiger partial charge in [0, 0.05) is 5.57 Å². The Kier molecular flexibility index (Phi) is 15.4. The molecule has 0 aliphatic heterocycles. The van der Waals surface area contributed by atoms with Gasteiger partial charge in [-0.2, -0.15) is 0 Å². The van der Waals surface area contributed by atoms with Crippen LogP contribution in [0, 0.1) is 0 Å². The molecule has 0 aliphatic rings. The molecule has 0 atom stereocenters. The average Bonchev–Trinajstić information content (AvgIpc) is 2.28. The van der Waals surface area contributed by atoms with Gasteiger partial charge < -0.3 is 15.3 Å². The minimum Gasteiger partial charge on any atom is -0.478 e. The first kappa shape index (κ1) is 19.5. The van der Waals surface area contributed by atoms with E-state index in [2.05, 4.69) is 13.5 Å². The van der Waals surface area contributed by atoms with E-state index in [1.54, 1.807) is 0 Å². The number of unbranched alkanes of at least 4 members (excludes halogenated alkanes) is 6. The Morgan fingerprint density at radius 1 is 1.06 bits per heavy atom. The van der Waals surface area contributed by atoms with Crippen LogP contribution in [0.5, 0.6) is 0 Å². The highest BCUT2D eigenvalue weighted by Gasteiger charge is 1.96. The second-order valence-corrected chi connectivity index (χ2v) is 4.48. The van der Waals surface area contributed by atoms with Gasteiger partial charge in [-0.25, -0.2) is 4.79 Å². The summed E-state index contributed by atoms with van der Waals surface area (Å²) in [5.41, 5.74) is 0.176. The summed E-state index contributed by atoms with van der Waals surface area (Å²) in [6.45, 7) is 6.81. The Labute approximate surface area is 110 Å². The molecule has 0 bridgehead atoms. The molecule has 0 aromatic heterocycles. The maximum Gasteiger partial charge on any atom is 0.330 e. The predicted molar refractivity (Wildman–Crippen MR) is 73.3 cm³/mol. The molecular formula is C14H28O4. The summed E-state index contributed by atoms with van der Waals surface area (Å²) in [5.74, 6) is -0.935. The Hall–Kier alpha value is -0.870. The summed E-state index contributed by atoms with van der Waals surface area (Å²) in [6.07, 6.45) is 8.03. The van der Waals surface area contributed by atoms with E-state index in [0.717, 1.165) is 12.8 Å². The van der Waals surface area contributed by atoms with E-state index in [4.69, 9.17) is 15.3 Å². The number of aliphatic hydroxyl groups excluding tert-OH is 1. The van der Waals surface area contributed by atoms with E-state index in [1.165, 1.54) is 39.0 Å². The van der Waals surface area contributed by atoms with Crippen LogP contribution in [0.4, 0.5) is 0 Å². The van der Waals surface area contributed by atoms with Crippen LogP contribution in [0.25, 0.3) is 0 Å². The maximum absolute atomic E-state index is 9.60. The maximum atomic E-state index is 9.60. The summed E-state index contributed by atoms with van der Waals surface area (Å²) in [6, 6.07) is 0. The highest BCUT2D eigenvalue weighted by molar-refractivity contribution is 5.84. The number of rotatable bonds is 9. The van der Waals surface area contributed by atoms with Crippen molar-refractivity contribution in [1.82, 2.24) is 0 Å². The SMILES string of the molecule is C=C(C)C(=O)O.CCCCCCCCCC(O)O. The number of carboxylic acids is 1. The van der Waals surface area contributed by atoms with Crippen molar-refractivity contribution in [1.29, 1.82) is 0 Å². The standard InChI is InChI=1S/C10H22O2.C4H6O2/c1-2-3-4-5-6-7-8-9-10(11)12;1-3(2)4(5)6/h10-12H,2-9H2,1H3;1H2,2H3,(H,5,6). The fraction of sp³-hybridized carbons (Fsp3) is 0.786. The molecule has 4 heteroatoms. The first-order valence-corrected chi connectivity index (χ1v) is 6.66. The third-order valence-corrected chi connectivity index (χ3v) is 2.43. The number of hydrogen-bond acceptors (Lipinski definition) is 3. The largest absolute Gasteiger partial charge is 0.478 e. The molecule has 0 spiro atoms. The first-order chi connectivity index (χ1) is 8.41. The van der Waals surface area contributed by atoms with Crippen LogP contribution in [0.2, 0.25) is 0 Å². The Balaban J connectivity index is 0. The van der Waals surface area contributed by atoms with Crippen LogP contribution in [-0.2, 0) is 4.79 Å². The zero-order chi connectivity index (χ0) is 14.4. The van der Waals surface area contributed by atoms with Crippen molar-refractivity contribution in [3.8, 4) is 0 Å². The third kappa shape index (κ3) is 20.5. The predicted octanol–water partition coefficient (Wildman–Crippen LogP) is 3.08. The number of hydrogen-bond donors (Lipinski definition) is 3. The van der Waals surface area contributed by atoms with Crippen molar-refractivity contribution in [2.75, 3.05) is 0 Å². The molecular weight excluding hydrogens is 232 g/mol. The van der Waals surface area contributed by atoms with Crippen molar-refractivity contribution in [3.63, 3.8) is 0 Å². The lowest BCUT2D eigenvalue weighted by Gasteiger charge is -2.02. The Morgan fingerprint density at radius 2 is 1.44 bits per heavy atom. The molecule has 4 nitrogen and oxygen atoms in total. The van der Waals surface area contributed by atoms with Gasteiger partial charge in [0.05, 0.1) is 0 Å². The van der Waals surface area contributed by atoms with Gasteiger partial charge >= 0.3 is 5.97 Å². The van der Waals surface area contributed by atoms with Crippen LogP contribution in [0.15, 0.2) is 12.2 Å².